The molecule has 2 fully saturated rings. The highest BCUT2D eigenvalue weighted by atomic mass is 16.5. The van der Waals surface area contributed by atoms with E-state index in [-0.39, 0.29) is 0 Å². The van der Waals surface area contributed by atoms with E-state index in [2.05, 4.69) is 11.8 Å². The number of rotatable bonds is 2. The average molecular weight is 183 g/mol. The Kier molecular flexibility index (Phi) is 2.89. The second-order valence-electron chi connectivity index (χ2n) is 4.99. The molecular formula is C11H21NO. The summed E-state index contributed by atoms with van der Waals surface area (Å²) in [5, 5.41) is 0. The van der Waals surface area contributed by atoms with E-state index in [1.807, 2.05) is 0 Å². The van der Waals surface area contributed by atoms with E-state index in [0.717, 1.165) is 13.2 Å². The zero-order valence-electron chi connectivity index (χ0n) is 8.72. The van der Waals surface area contributed by atoms with Crippen molar-refractivity contribution in [2.24, 2.45) is 5.41 Å². The van der Waals surface area contributed by atoms with Gasteiger partial charge in [-0.2, -0.15) is 0 Å². The molecule has 0 amide bonds. The van der Waals surface area contributed by atoms with Gasteiger partial charge >= 0.3 is 0 Å². The fourth-order valence-electron chi connectivity index (χ4n) is 2.38. The van der Waals surface area contributed by atoms with Gasteiger partial charge < -0.3 is 9.64 Å². The van der Waals surface area contributed by atoms with Gasteiger partial charge in [0.15, 0.2) is 0 Å². The quantitative estimate of drug-likeness (QED) is 0.648. The van der Waals surface area contributed by atoms with Gasteiger partial charge in [0, 0.05) is 12.0 Å². The Hall–Kier alpha value is -0.0800. The third-order valence-corrected chi connectivity index (χ3v) is 3.21. The topological polar surface area (TPSA) is 12.5 Å². The lowest BCUT2D eigenvalue weighted by molar-refractivity contribution is -0.114. The first kappa shape index (κ1) is 9.47. The molecule has 2 aliphatic rings. The monoisotopic (exact) mass is 183 g/mol. The molecule has 0 saturated carbocycles. The molecule has 13 heavy (non-hydrogen) atoms. The first-order valence-corrected chi connectivity index (χ1v) is 5.59. The summed E-state index contributed by atoms with van der Waals surface area (Å²) in [7, 11) is 0. The van der Waals surface area contributed by atoms with Crippen LogP contribution in [0.4, 0.5) is 0 Å². The molecule has 0 spiro atoms. The fourth-order valence-corrected chi connectivity index (χ4v) is 2.38. The highest BCUT2D eigenvalue weighted by Crippen LogP contribution is 2.28. The number of nitrogens with zero attached hydrogens (tertiary/aromatic N) is 1. The molecule has 0 bridgehead atoms. The lowest BCUT2D eigenvalue weighted by Crippen LogP contribution is -2.48. The minimum Gasteiger partial charge on any atom is -0.380 e. The molecule has 76 valence electrons. The van der Waals surface area contributed by atoms with Crippen LogP contribution in [0, 0.1) is 5.41 Å². The molecule has 0 N–H and O–H groups in total. The van der Waals surface area contributed by atoms with Crippen LogP contribution in [0.2, 0.25) is 0 Å². The van der Waals surface area contributed by atoms with Gasteiger partial charge in [-0.25, -0.2) is 0 Å². The minimum atomic E-state index is 0.477. The van der Waals surface area contributed by atoms with Crippen molar-refractivity contribution in [2.45, 2.75) is 32.6 Å². The molecule has 2 heterocycles. The number of likely N-dealkylation sites (tertiary alicyclic amines) is 1. The van der Waals surface area contributed by atoms with Crippen LogP contribution in [-0.2, 0) is 4.74 Å². The highest BCUT2D eigenvalue weighted by molar-refractivity contribution is 4.84. The molecule has 2 heteroatoms. The summed E-state index contributed by atoms with van der Waals surface area (Å²) in [6.45, 7) is 8.19. The maximum Gasteiger partial charge on any atom is 0.0554 e. The maximum atomic E-state index is 5.28. The van der Waals surface area contributed by atoms with Crippen LogP contribution in [0.1, 0.15) is 32.6 Å². The molecule has 0 unspecified atom stereocenters. The highest BCUT2D eigenvalue weighted by Gasteiger charge is 2.34. The summed E-state index contributed by atoms with van der Waals surface area (Å²) in [6, 6.07) is 0. The summed E-state index contributed by atoms with van der Waals surface area (Å²) in [5.41, 5.74) is 0.477. The van der Waals surface area contributed by atoms with Crippen molar-refractivity contribution in [1.29, 1.82) is 0 Å². The molecule has 2 rings (SSSR count). The fraction of sp³-hybridized carbons (Fsp3) is 1.00. The van der Waals surface area contributed by atoms with Crippen molar-refractivity contribution in [2.75, 3.05) is 32.8 Å². The predicted octanol–water partition coefficient (Wildman–Crippen LogP) is 1.90. The molecule has 2 saturated heterocycles. The lowest BCUT2D eigenvalue weighted by atomic mass is 9.88. The Morgan fingerprint density at radius 3 is 2.15 bits per heavy atom. The zero-order chi connectivity index (χ0) is 9.15. The van der Waals surface area contributed by atoms with Crippen LogP contribution in [0.5, 0.6) is 0 Å². The van der Waals surface area contributed by atoms with Crippen LogP contribution in [0.25, 0.3) is 0 Å². The van der Waals surface area contributed by atoms with Crippen LogP contribution >= 0.6 is 0 Å². The molecule has 0 atom stereocenters. The number of hydrogen-bond acceptors (Lipinski definition) is 2. The van der Waals surface area contributed by atoms with Crippen molar-refractivity contribution < 1.29 is 4.74 Å². The van der Waals surface area contributed by atoms with Gasteiger partial charge in [0.1, 0.15) is 0 Å². The Balaban J connectivity index is 1.78. The smallest absolute Gasteiger partial charge is 0.0554 e. The van der Waals surface area contributed by atoms with Crippen molar-refractivity contribution in [1.82, 2.24) is 4.90 Å². The molecular weight excluding hydrogens is 162 g/mol. The maximum absolute atomic E-state index is 5.28. The Morgan fingerprint density at radius 2 is 1.69 bits per heavy atom. The normalized spacial score (nSPS) is 29.3. The van der Waals surface area contributed by atoms with Crippen LogP contribution in [0.15, 0.2) is 0 Å². The Morgan fingerprint density at radius 1 is 1.08 bits per heavy atom. The number of ether oxygens (including phenoxy) is 1. The van der Waals surface area contributed by atoms with Gasteiger partial charge in [-0.05, 0) is 25.9 Å². The molecule has 0 radical (unpaired) electrons. The molecule has 0 aliphatic carbocycles. The molecule has 0 aromatic carbocycles. The first-order chi connectivity index (χ1) is 6.29. The summed E-state index contributed by atoms with van der Waals surface area (Å²) in [5.74, 6) is 0. The summed E-state index contributed by atoms with van der Waals surface area (Å²) in [6.07, 6.45) is 5.67. The third kappa shape index (κ3) is 2.44. The summed E-state index contributed by atoms with van der Waals surface area (Å²) < 4.78 is 5.28. The van der Waals surface area contributed by atoms with Gasteiger partial charge in [0.2, 0.25) is 0 Å². The number of hydrogen-bond donors (Lipinski definition) is 0. The second kappa shape index (κ2) is 3.97. The average Bonchev–Trinajstić information content (AvgIpc) is 2.30. The van der Waals surface area contributed by atoms with Crippen molar-refractivity contribution in [3.8, 4) is 0 Å². The van der Waals surface area contributed by atoms with Gasteiger partial charge in [0.05, 0.1) is 13.2 Å². The van der Waals surface area contributed by atoms with Crippen molar-refractivity contribution in [3.63, 3.8) is 0 Å². The van der Waals surface area contributed by atoms with E-state index in [4.69, 9.17) is 4.74 Å². The van der Waals surface area contributed by atoms with E-state index in [0.29, 0.717) is 5.41 Å². The van der Waals surface area contributed by atoms with E-state index in [9.17, 15) is 0 Å². The van der Waals surface area contributed by atoms with E-state index < -0.39 is 0 Å². The van der Waals surface area contributed by atoms with Crippen LogP contribution in [-0.4, -0.2) is 37.7 Å². The lowest BCUT2D eigenvalue weighted by Gasteiger charge is -2.41. The van der Waals surface area contributed by atoms with Gasteiger partial charge in [-0.3, -0.25) is 0 Å². The van der Waals surface area contributed by atoms with Crippen molar-refractivity contribution >= 4 is 0 Å². The predicted molar refractivity (Wildman–Crippen MR) is 53.8 cm³/mol. The van der Waals surface area contributed by atoms with Crippen LogP contribution in [0.3, 0.4) is 0 Å². The first-order valence-electron chi connectivity index (χ1n) is 5.59. The minimum absolute atomic E-state index is 0.477. The molecule has 2 aliphatic heterocycles. The van der Waals surface area contributed by atoms with E-state index >= 15 is 0 Å². The van der Waals surface area contributed by atoms with Crippen molar-refractivity contribution in [3.05, 3.63) is 0 Å². The van der Waals surface area contributed by atoms with Gasteiger partial charge in [-0.15, -0.1) is 0 Å². The largest absolute Gasteiger partial charge is 0.380 e. The SMILES string of the molecule is CC1(CN2CCCCCC2)COC1. The standard InChI is InChI=1S/C11H21NO/c1-11(9-13-10-11)8-12-6-4-2-3-5-7-12/h2-10H2,1H3. The molecule has 2 nitrogen and oxygen atoms in total. The van der Waals surface area contributed by atoms with E-state index in [1.54, 1.807) is 0 Å². The second-order valence-corrected chi connectivity index (χ2v) is 4.99. The van der Waals surface area contributed by atoms with E-state index in [1.165, 1.54) is 45.3 Å². The Labute approximate surface area is 81.3 Å². The summed E-state index contributed by atoms with van der Waals surface area (Å²) in [4.78, 5) is 2.63. The summed E-state index contributed by atoms with van der Waals surface area (Å²) >= 11 is 0. The van der Waals surface area contributed by atoms with Crippen LogP contribution < -0.4 is 0 Å². The third-order valence-electron chi connectivity index (χ3n) is 3.21. The van der Waals surface area contributed by atoms with Gasteiger partial charge in [-0.1, -0.05) is 19.8 Å². The zero-order valence-corrected chi connectivity index (χ0v) is 8.72. The Bertz CT molecular complexity index is 157. The molecule has 0 aromatic rings. The molecule has 0 aromatic heterocycles. The van der Waals surface area contributed by atoms with Gasteiger partial charge in [0.25, 0.3) is 0 Å².